The van der Waals surface area contributed by atoms with Crippen LogP contribution in [0.15, 0.2) is 36.4 Å². The minimum Gasteiger partial charge on any atom is -0.372 e. The molecule has 0 unspecified atom stereocenters. The highest BCUT2D eigenvalue weighted by atomic mass is 79.9. The van der Waals surface area contributed by atoms with E-state index in [0.717, 1.165) is 24.4 Å². The SMILES string of the molecule is CCN(CC)C(=CC(=O)C(C)(C)Br)c1ccccc1. The smallest absolute Gasteiger partial charge is 0.173 e. The molecule has 3 heteroatoms. The summed E-state index contributed by atoms with van der Waals surface area (Å²) in [5, 5.41) is 0. The predicted molar refractivity (Wildman–Crippen MR) is 85.4 cm³/mol. The summed E-state index contributed by atoms with van der Waals surface area (Å²) < 4.78 is -0.528. The van der Waals surface area contributed by atoms with Gasteiger partial charge in [-0.3, -0.25) is 4.79 Å². The Bertz CT molecular complexity index is 442. The van der Waals surface area contributed by atoms with Gasteiger partial charge in [0, 0.05) is 24.9 Å². The summed E-state index contributed by atoms with van der Waals surface area (Å²) in [4.78, 5) is 14.4. The first-order valence-electron chi connectivity index (χ1n) is 6.65. The molecule has 0 saturated heterocycles. The zero-order valence-corrected chi connectivity index (χ0v) is 13.7. The monoisotopic (exact) mass is 323 g/mol. The van der Waals surface area contributed by atoms with Gasteiger partial charge in [-0.25, -0.2) is 0 Å². The van der Waals surface area contributed by atoms with Crippen LogP contribution in [0.1, 0.15) is 33.3 Å². The van der Waals surface area contributed by atoms with Crippen LogP contribution < -0.4 is 0 Å². The van der Waals surface area contributed by atoms with E-state index in [4.69, 9.17) is 0 Å². The normalized spacial score (nSPS) is 12.4. The maximum Gasteiger partial charge on any atom is 0.173 e. The van der Waals surface area contributed by atoms with Gasteiger partial charge in [0.05, 0.1) is 4.32 Å². The zero-order valence-electron chi connectivity index (χ0n) is 12.1. The number of nitrogens with zero attached hydrogens (tertiary/aromatic N) is 1. The molecule has 1 aromatic carbocycles. The Labute approximate surface area is 124 Å². The third kappa shape index (κ3) is 4.50. The molecule has 0 aromatic heterocycles. The largest absolute Gasteiger partial charge is 0.372 e. The van der Waals surface area contributed by atoms with E-state index in [9.17, 15) is 4.79 Å². The molecular weight excluding hydrogens is 302 g/mol. The van der Waals surface area contributed by atoms with Crippen LogP contribution in [-0.2, 0) is 4.79 Å². The minimum atomic E-state index is -0.528. The second-order valence-corrected chi connectivity index (χ2v) is 6.89. The molecule has 0 saturated carbocycles. The summed E-state index contributed by atoms with van der Waals surface area (Å²) in [5.41, 5.74) is 2.07. The second-order valence-electron chi connectivity index (χ2n) is 4.90. The van der Waals surface area contributed by atoms with Gasteiger partial charge >= 0.3 is 0 Å². The second kappa shape index (κ2) is 6.90. The first-order chi connectivity index (χ1) is 8.90. The van der Waals surface area contributed by atoms with E-state index in [-0.39, 0.29) is 5.78 Å². The molecule has 1 rings (SSSR count). The molecule has 2 nitrogen and oxygen atoms in total. The molecule has 0 heterocycles. The molecule has 0 aliphatic rings. The first kappa shape index (κ1) is 16.0. The Balaban J connectivity index is 3.21. The summed E-state index contributed by atoms with van der Waals surface area (Å²) in [6.45, 7) is 9.71. The van der Waals surface area contributed by atoms with Crippen molar-refractivity contribution in [3.63, 3.8) is 0 Å². The van der Waals surface area contributed by atoms with Gasteiger partial charge in [0.2, 0.25) is 0 Å². The van der Waals surface area contributed by atoms with Gasteiger partial charge in [-0.15, -0.1) is 0 Å². The number of carbonyl (C=O) groups excluding carboxylic acids is 1. The zero-order chi connectivity index (χ0) is 14.5. The third-order valence-corrected chi connectivity index (χ3v) is 3.42. The number of hydrogen-bond donors (Lipinski definition) is 0. The Morgan fingerprint density at radius 1 is 1.21 bits per heavy atom. The van der Waals surface area contributed by atoms with Crippen molar-refractivity contribution in [2.45, 2.75) is 32.0 Å². The molecule has 0 aliphatic carbocycles. The number of rotatable bonds is 6. The predicted octanol–water partition coefficient (Wildman–Crippen LogP) is 4.11. The van der Waals surface area contributed by atoms with E-state index in [1.54, 1.807) is 6.08 Å². The van der Waals surface area contributed by atoms with Crippen LogP contribution in [0, 0.1) is 0 Å². The number of allylic oxidation sites excluding steroid dienone is 1. The fourth-order valence-electron chi connectivity index (χ4n) is 1.83. The summed E-state index contributed by atoms with van der Waals surface area (Å²) >= 11 is 3.43. The van der Waals surface area contributed by atoms with E-state index in [2.05, 4.69) is 34.7 Å². The minimum absolute atomic E-state index is 0.0817. The fourth-order valence-corrected chi connectivity index (χ4v) is 1.94. The number of hydrogen-bond acceptors (Lipinski definition) is 2. The van der Waals surface area contributed by atoms with E-state index < -0.39 is 4.32 Å². The number of alkyl halides is 1. The van der Waals surface area contributed by atoms with Gasteiger partial charge < -0.3 is 4.90 Å². The van der Waals surface area contributed by atoms with Crippen LogP contribution in [0.2, 0.25) is 0 Å². The molecular formula is C16H22BrNO. The van der Waals surface area contributed by atoms with E-state index >= 15 is 0 Å². The molecule has 19 heavy (non-hydrogen) atoms. The van der Waals surface area contributed by atoms with Crippen LogP contribution in [0.4, 0.5) is 0 Å². The molecule has 1 aromatic rings. The van der Waals surface area contributed by atoms with Crippen molar-refractivity contribution in [3.05, 3.63) is 42.0 Å². The molecule has 0 bridgehead atoms. The average molecular weight is 324 g/mol. The summed E-state index contributed by atoms with van der Waals surface area (Å²) in [5.74, 6) is 0.0817. The Hall–Kier alpha value is -1.09. The lowest BCUT2D eigenvalue weighted by atomic mass is 10.0. The van der Waals surface area contributed by atoms with Crippen molar-refractivity contribution in [1.82, 2.24) is 4.90 Å². The van der Waals surface area contributed by atoms with Gasteiger partial charge in [0.15, 0.2) is 5.78 Å². The number of ketones is 1. The lowest BCUT2D eigenvalue weighted by Gasteiger charge is -2.25. The van der Waals surface area contributed by atoms with Crippen LogP contribution in [0.3, 0.4) is 0 Å². The van der Waals surface area contributed by atoms with Crippen LogP contribution in [0.5, 0.6) is 0 Å². The van der Waals surface area contributed by atoms with Crippen molar-refractivity contribution >= 4 is 27.4 Å². The van der Waals surface area contributed by atoms with E-state index in [1.807, 2.05) is 44.2 Å². The van der Waals surface area contributed by atoms with Crippen molar-refractivity contribution in [2.24, 2.45) is 0 Å². The topological polar surface area (TPSA) is 20.3 Å². The van der Waals surface area contributed by atoms with Gasteiger partial charge in [0.1, 0.15) is 0 Å². The van der Waals surface area contributed by atoms with Crippen molar-refractivity contribution in [2.75, 3.05) is 13.1 Å². The lowest BCUT2D eigenvalue weighted by molar-refractivity contribution is -0.115. The highest BCUT2D eigenvalue weighted by molar-refractivity contribution is 9.10. The Morgan fingerprint density at radius 3 is 2.16 bits per heavy atom. The number of benzene rings is 1. The lowest BCUT2D eigenvalue weighted by Crippen LogP contribution is -2.26. The van der Waals surface area contributed by atoms with Gasteiger partial charge in [-0.05, 0) is 33.3 Å². The fraction of sp³-hybridized carbons (Fsp3) is 0.438. The van der Waals surface area contributed by atoms with Gasteiger partial charge in [0.25, 0.3) is 0 Å². The van der Waals surface area contributed by atoms with Crippen LogP contribution >= 0.6 is 15.9 Å². The van der Waals surface area contributed by atoms with E-state index in [1.165, 1.54) is 0 Å². The quantitative estimate of drug-likeness (QED) is 0.580. The van der Waals surface area contributed by atoms with Gasteiger partial charge in [-0.2, -0.15) is 0 Å². The van der Waals surface area contributed by atoms with Gasteiger partial charge in [-0.1, -0.05) is 46.3 Å². The van der Waals surface area contributed by atoms with Crippen LogP contribution in [-0.4, -0.2) is 28.1 Å². The Morgan fingerprint density at radius 2 is 1.74 bits per heavy atom. The number of carbonyl (C=O) groups is 1. The summed E-state index contributed by atoms with van der Waals surface area (Å²) in [6.07, 6.45) is 1.75. The van der Waals surface area contributed by atoms with Crippen LogP contribution in [0.25, 0.3) is 5.70 Å². The van der Waals surface area contributed by atoms with E-state index in [0.29, 0.717) is 0 Å². The number of halogens is 1. The standard InChI is InChI=1S/C16H22BrNO/c1-5-18(6-2)14(12-15(19)16(3,4)17)13-10-8-7-9-11-13/h7-12H,5-6H2,1-4H3. The molecule has 0 spiro atoms. The highest BCUT2D eigenvalue weighted by Crippen LogP contribution is 2.23. The first-order valence-corrected chi connectivity index (χ1v) is 7.44. The molecule has 0 N–H and O–H groups in total. The third-order valence-electron chi connectivity index (χ3n) is 3.03. The average Bonchev–Trinajstić information content (AvgIpc) is 2.38. The molecule has 104 valence electrons. The summed E-state index contributed by atoms with van der Waals surface area (Å²) in [7, 11) is 0. The van der Waals surface area contributed by atoms with Crippen molar-refractivity contribution in [1.29, 1.82) is 0 Å². The molecule has 0 radical (unpaired) electrons. The summed E-state index contributed by atoms with van der Waals surface area (Å²) in [6, 6.07) is 10.1. The maximum absolute atomic E-state index is 12.2. The molecule has 0 fully saturated rings. The maximum atomic E-state index is 12.2. The van der Waals surface area contributed by atoms with Crippen molar-refractivity contribution < 1.29 is 4.79 Å². The molecule has 0 aliphatic heterocycles. The Kier molecular flexibility index (Phi) is 5.80. The molecule has 0 amide bonds. The highest BCUT2D eigenvalue weighted by Gasteiger charge is 2.23. The molecule has 0 atom stereocenters. The van der Waals surface area contributed by atoms with Crippen molar-refractivity contribution in [3.8, 4) is 0 Å².